The Labute approximate surface area is 348 Å². The second-order valence-corrected chi connectivity index (χ2v) is 16.2. The lowest BCUT2D eigenvalue weighted by Crippen LogP contribution is -2.27. The van der Waals surface area contributed by atoms with E-state index in [-0.39, 0.29) is 23.0 Å². The fourth-order valence-corrected chi connectivity index (χ4v) is 7.51. The van der Waals surface area contributed by atoms with Gasteiger partial charge in [-0.3, -0.25) is 0 Å². The van der Waals surface area contributed by atoms with E-state index in [1.807, 2.05) is 123 Å². The van der Waals surface area contributed by atoms with Gasteiger partial charge in [0.2, 0.25) is 0 Å². The van der Waals surface area contributed by atoms with Crippen molar-refractivity contribution in [2.45, 2.75) is 77.4 Å². The van der Waals surface area contributed by atoms with E-state index in [0.717, 1.165) is 45.3 Å². The van der Waals surface area contributed by atoms with Gasteiger partial charge in [0.15, 0.2) is 0 Å². The van der Waals surface area contributed by atoms with Gasteiger partial charge in [-0.25, -0.2) is 0 Å². The first-order chi connectivity index (χ1) is 27.4. The van der Waals surface area contributed by atoms with Crippen LogP contribution in [0.1, 0.15) is 88.8 Å². The highest BCUT2D eigenvalue weighted by molar-refractivity contribution is 6.32. The highest BCUT2D eigenvalue weighted by atomic mass is 35.5. The molecule has 296 valence electrons. The summed E-state index contributed by atoms with van der Waals surface area (Å²) in [6.07, 6.45) is 0.539. The molecule has 2 unspecified atom stereocenters. The first-order valence-electron chi connectivity index (χ1n) is 19.6. The summed E-state index contributed by atoms with van der Waals surface area (Å²) in [7, 11) is 0. The molecule has 7 heteroatoms. The molecule has 0 bridgehead atoms. The van der Waals surface area contributed by atoms with Crippen LogP contribution < -0.4 is 18.9 Å². The minimum Gasteiger partial charge on any atom is -0.492 e. The van der Waals surface area contributed by atoms with Gasteiger partial charge in [0.1, 0.15) is 34.5 Å². The van der Waals surface area contributed by atoms with Crippen LogP contribution in [0.2, 0.25) is 10.0 Å². The monoisotopic (exact) mass is 802 g/mol. The third-order valence-corrected chi connectivity index (χ3v) is 10.8. The summed E-state index contributed by atoms with van der Waals surface area (Å²) in [5.74, 6) is 4.33. The lowest BCUT2D eigenvalue weighted by atomic mass is 9.77. The molecule has 0 spiro atoms. The summed E-state index contributed by atoms with van der Waals surface area (Å²) in [4.78, 5) is 0. The maximum Gasteiger partial charge on any atom is 0.137 e. The van der Waals surface area contributed by atoms with Gasteiger partial charge >= 0.3 is 0 Å². The van der Waals surface area contributed by atoms with E-state index < -0.39 is 0 Å². The van der Waals surface area contributed by atoms with E-state index in [1.54, 1.807) is 0 Å². The van der Waals surface area contributed by atoms with Gasteiger partial charge in [-0.1, -0.05) is 124 Å². The molecule has 0 radical (unpaired) electrons. The molecule has 6 aromatic carbocycles. The topological polar surface area (TPSA) is 46.2 Å². The van der Waals surface area contributed by atoms with Gasteiger partial charge in [0, 0.05) is 0 Å². The fraction of sp³-hybridized carbons (Fsp3) is 0.280. The van der Waals surface area contributed by atoms with Crippen molar-refractivity contribution in [2.24, 2.45) is 0 Å². The summed E-state index contributed by atoms with van der Waals surface area (Å²) < 4.78 is 31.8. The predicted octanol–water partition coefficient (Wildman–Crippen LogP) is 14.9. The number of benzene rings is 6. The number of rotatable bonds is 18. The molecule has 5 nitrogen and oxygen atoms in total. The van der Waals surface area contributed by atoms with Crippen LogP contribution in [0.15, 0.2) is 146 Å². The average Bonchev–Trinajstić information content (AvgIpc) is 3.20. The molecule has 0 aliphatic carbocycles. The first kappa shape index (κ1) is 41.7. The summed E-state index contributed by atoms with van der Waals surface area (Å²) in [5, 5.41) is 1.17. The Hall–Kier alpha value is -4.94. The van der Waals surface area contributed by atoms with Gasteiger partial charge in [-0.05, 0) is 133 Å². The van der Waals surface area contributed by atoms with Gasteiger partial charge < -0.3 is 23.7 Å². The molecule has 0 amide bonds. The van der Waals surface area contributed by atoms with Crippen molar-refractivity contribution in [2.75, 3.05) is 13.2 Å². The van der Waals surface area contributed by atoms with Crippen molar-refractivity contribution in [3.05, 3.63) is 178 Å². The lowest BCUT2D eigenvalue weighted by molar-refractivity contribution is -0.0413. The van der Waals surface area contributed by atoms with Gasteiger partial charge in [0.05, 0.1) is 35.5 Å². The quantitative estimate of drug-likeness (QED) is 0.0866. The SMILES string of the molecule is CCOc1ccc(C(C)(C)CC(OC(CC(C)(C)c2ccc(OCC)c(Cl)c2)c2cccc(Oc3ccccc3)c2)c2cccc(Oc3ccccc3)c2)cc1Cl. The van der Waals surface area contributed by atoms with Gasteiger partial charge in [-0.15, -0.1) is 0 Å². The van der Waals surface area contributed by atoms with Crippen LogP contribution in [-0.2, 0) is 15.6 Å². The van der Waals surface area contributed by atoms with Crippen LogP contribution in [0, 0.1) is 0 Å². The number of hydrogen-bond donors (Lipinski definition) is 0. The Morgan fingerprint density at radius 3 is 1.21 bits per heavy atom. The largest absolute Gasteiger partial charge is 0.492 e. The van der Waals surface area contributed by atoms with Crippen molar-refractivity contribution < 1.29 is 23.7 Å². The minimum atomic E-state index is -0.368. The van der Waals surface area contributed by atoms with Crippen LogP contribution >= 0.6 is 23.2 Å². The predicted molar refractivity (Wildman–Crippen MR) is 233 cm³/mol. The van der Waals surface area contributed by atoms with Crippen molar-refractivity contribution in [3.8, 4) is 34.5 Å². The maximum atomic E-state index is 7.51. The Bertz CT molecular complexity index is 2050. The highest BCUT2D eigenvalue weighted by Gasteiger charge is 2.34. The van der Waals surface area contributed by atoms with Gasteiger partial charge in [-0.2, -0.15) is 0 Å². The molecule has 0 fully saturated rings. The molecule has 6 rings (SSSR count). The average molecular weight is 804 g/mol. The zero-order valence-electron chi connectivity index (χ0n) is 33.6. The lowest BCUT2D eigenvalue weighted by Gasteiger charge is -2.36. The minimum absolute atomic E-state index is 0.365. The molecule has 0 saturated carbocycles. The van der Waals surface area contributed by atoms with Crippen molar-refractivity contribution in [1.29, 1.82) is 0 Å². The van der Waals surface area contributed by atoms with Gasteiger partial charge in [0.25, 0.3) is 0 Å². The normalized spacial score (nSPS) is 12.8. The van der Waals surface area contributed by atoms with E-state index in [0.29, 0.717) is 47.6 Å². The zero-order chi connectivity index (χ0) is 40.4. The molecule has 2 atom stereocenters. The smallest absolute Gasteiger partial charge is 0.137 e. The summed E-state index contributed by atoms with van der Waals surface area (Å²) in [5.41, 5.74) is 3.43. The summed E-state index contributed by atoms with van der Waals surface area (Å²) in [6.45, 7) is 13.9. The van der Waals surface area contributed by atoms with Crippen LogP contribution in [0.3, 0.4) is 0 Å². The maximum absolute atomic E-state index is 7.51. The Morgan fingerprint density at radius 1 is 0.456 bits per heavy atom. The second kappa shape index (κ2) is 19.0. The molecular formula is C50H52Cl2O5. The standard InChI is InChI=1S/C50H52Cl2O5/c1-7-53-45-27-25-37(31-43(45)51)49(3,4)33-47(35-17-15-23-41(29-35)55-39-19-11-9-12-20-39)57-48(34-50(5,6)38-26-28-46(54-8-2)44(52)32-38)36-18-16-24-42(30-36)56-40-21-13-10-14-22-40/h9-32,47-48H,7-8,33-34H2,1-6H3. The fourth-order valence-electron chi connectivity index (χ4n) is 7.04. The number of ether oxygens (including phenoxy) is 5. The molecular weight excluding hydrogens is 751 g/mol. The Balaban J connectivity index is 1.42. The zero-order valence-corrected chi connectivity index (χ0v) is 35.1. The summed E-state index contributed by atoms with van der Waals surface area (Å²) >= 11 is 13.5. The Kier molecular flexibility index (Phi) is 13.9. The highest BCUT2D eigenvalue weighted by Crippen LogP contribution is 2.45. The van der Waals surface area contributed by atoms with Crippen molar-refractivity contribution in [1.82, 2.24) is 0 Å². The van der Waals surface area contributed by atoms with E-state index in [9.17, 15) is 0 Å². The molecule has 6 aromatic rings. The van der Waals surface area contributed by atoms with Crippen LogP contribution in [0.4, 0.5) is 0 Å². The molecule has 0 N–H and O–H groups in total. The van der Waals surface area contributed by atoms with Crippen LogP contribution in [0.25, 0.3) is 0 Å². The third-order valence-electron chi connectivity index (χ3n) is 10.2. The molecule has 0 aromatic heterocycles. The second-order valence-electron chi connectivity index (χ2n) is 15.4. The molecule has 0 heterocycles. The van der Waals surface area contributed by atoms with E-state index in [1.165, 1.54) is 0 Å². The van der Waals surface area contributed by atoms with E-state index in [4.69, 9.17) is 46.9 Å². The molecule has 0 aliphatic heterocycles. The molecule has 57 heavy (non-hydrogen) atoms. The first-order valence-corrected chi connectivity index (χ1v) is 20.4. The molecule has 0 aliphatic rings. The van der Waals surface area contributed by atoms with Crippen LogP contribution in [-0.4, -0.2) is 13.2 Å². The Morgan fingerprint density at radius 2 is 0.842 bits per heavy atom. The van der Waals surface area contributed by atoms with Crippen molar-refractivity contribution in [3.63, 3.8) is 0 Å². The number of halogens is 2. The number of para-hydroxylation sites is 2. The van der Waals surface area contributed by atoms with E-state index in [2.05, 4.69) is 64.1 Å². The summed E-state index contributed by atoms with van der Waals surface area (Å²) in [6, 6.07) is 48.2. The van der Waals surface area contributed by atoms with E-state index >= 15 is 0 Å². The third kappa shape index (κ3) is 11.1. The molecule has 0 saturated heterocycles. The van der Waals surface area contributed by atoms with Crippen LogP contribution in [0.5, 0.6) is 34.5 Å². The van der Waals surface area contributed by atoms with Crippen molar-refractivity contribution >= 4 is 23.2 Å². The number of hydrogen-bond acceptors (Lipinski definition) is 5.